The molecular weight excluding hydrogens is 266 g/mol. The van der Waals surface area contributed by atoms with Gasteiger partial charge in [-0.2, -0.15) is 5.10 Å². The molecule has 0 radical (unpaired) electrons. The van der Waals surface area contributed by atoms with Crippen LogP contribution < -0.4 is 5.32 Å². The molecule has 2 N–H and O–H groups in total. The molecule has 1 aromatic carbocycles. The van der Waals surface area contributed by atoms with E-state index in [0.29, 0.717) is 10.7 Å². The van der Waals surface area contributed by atoms with Gasteiger partial charge >= 0.3 is 5.97 Å². The van der Waals surface area contributed by atoms with Crippen molar-refractivity contribution in [1.29, 1.82) is 0 Å². The number of aromatic nitrogens is 2. The van der Waals surface area contributed by atoms with Crippen LogP contribution >= 0.6 is 11.6 Å². The lowest BCUT2D eigenvalue weighted by Gasteiger charge is -2.08. The van der Waals surface area contributed by atoms with Gasteiger partial charge in [-0.3, -0.25) is 4.68 Å². The van der Waals surface area contributed by atoms with Crippen LogP contribution in [0, 0.1) is 0 Å². The molecule has 2 rings (SSSR count). The minimum Gasteiger partial charge on any atom is -0.478 e. The molecule has 0 spiro atoms. The van der Waals surface area contributed by atoms with Gasteiger partial charge in [-0.1, -0.05) is 11.6 Å². The standard InChI is InChI=1S/C13H14ClN3O2/c1-8(2)17-7-10(6-15-17)16-12-5-9(14)3-4-11(12)13(18)19/h3-8,16H,1-2H3,(H,18,19). The molecule has 0 bridgehead atoms. The van der Waals surface area contributed by atoms with Crippen LogP contribution in [0.15, 0.2) is 30.6 Å². The number of benzene rings is 1. The first-order valence-corrected chi connectivity index (χ1v) is 6.19. The quantitative estimate of drug-likeness (QED) is 0.898. The fourth-order valence-corrected chi connectivity index (χ4v) is 1.82. The van der Waals surface area contributed by atoms with Crippen LogP contribution in [-0.4, -0.2) is 20.9 Å². The van der Waals surface area contributed by atoms with E-state index in [4.69, 9.17) is 16.7 Å². The number of carbonyl (C=O) groups is 1. The van der Waals surface area contributed by atoms with Gasteiger partial charge in [0, 0.05) is 17.3 Å². The van der Waals surface area contributed by atoms with Gasteiger partial charge in [-0.15, -0.1) is 0 Å². The van der Waals surface area contributed by atoms with E-state index in [1.807, 2.05) is 20.0 Å². The Labute approximate surface area is 115 Å². The molecular formula is C13H14ClN3O2. The van der Waals surface area contributed by atoms with Gasteiger partial charge in [0.15, 0.2) is 0 Å². The van der Waals surface area contributed by atoms with Crippen molar-refractivity contribution in [3.05, 3.63) is 41.2 Å². The monoisotopic (exact) mass is 279 g/mol. The number of carboxylic acid groups (broad SMARTS) is 1. The van der Waals surface area contributed by atoms with E-state index in [1.165, 1.54) is 6.07 Å². The molecule has 0 unspecified atom stereocenters. The Morgan fingerprint density at radius 3 is 2.79 bits per heavy atom. The third kappa shape index (κ3) is 3.06. The highest BCUT2D eigenvalue weighted by molar-refractivity contribution is 6.31. The smallest absolute Gasteiger partial charge is 0.337 e. The number of hydrogen-bond donors (Lipinski definition) is 2. The molecule has 0 amide bonds. The molecule has 1 heterocycles. The SMILES string of the molecule is CC(C)n1cc(Nc2cc(Cl)ccc2C(=O)O)cn1. The number of anilines is 2. The number of carboxylic acids is 1. The maximum atomic E-state index is 11.1. The summed E-state index contributed by atoms with van der Waals surface area (Å²) in [6, 6.07) is 4.85. The molecule has 100 valence electrons. The molecule has 0 fully saturated rings. The summed E-state index contributed by atoms with van der Waals surface area (Å²) in [5.41, 5.74) is 1.34. The topological polar surface area (TPSA) is 67.2 Å². The van der Waals surface area contributed by atoms with Crippen molar-refractivity contribution < 1.29 is 9.90 Å². The van der Waals surface area contributed by atoms with Crippen LogP contribution in [0.4, 0.5) is 11.4 Å². The van der Waals surface area contributed by atoms with E-state index in [9.17, 15) is 4.79 Å². The molecule has 0 saturated heterocycles. The third-order valence-corrected chi connectivity index (χ3v) is 2.86. The number of aromatic carboxylic acids is 1. The first-order valence-electron chi connectivity index (χ1n) is 5.81. The molecule has 0 aliphatic rings. The molecule has 0 saturated carbocycles. The van der Waals surface area contributed by atoms with Crippen molar-refractivity contribution in [2.45, 2.75) is 19.9 Å². The van der Waals surface area contributed by atoms with E-state index < -0.39 is 5.97 Å². The zero-order valence-electron chi connectivity index (χ0n) is 10.6. The van der Waals surface area contributed by atoms with E-state index in [0.717, 1.165) is 5.69 Å². The maximum Gasteiger partial charge on any atom is 0.337 e. The number of nitrogens with one attached hydrogen (secondary N) is 1. The number of nitrogens with zero attached hydrogens (tertiary/aromatic N) is 2. The van der Waals surface area contributed by atoms with Crippen molar-refractivity contribution in [3.8, 4) is 0 Å². The number of halogens is 1. The van der Waals surface area contributed by atoms with Gasteiger partial charge in [0.05, 0.1) is 23.1 Å². The Morgan fingerprint density at radius 2 is 2.21 bits per heavy atom. The average molecular weight is 280 g/mol. The first-order chi connectivity index (χ1) is 8.97. The summed E-state index contributed by atoms with van der Waals surface area (Å²) in [5.74, 6) is -1.00. The predicted molar refractivity (Wildman–Crippen MR) is 74.3 cm³/mol. The number of rotatable bonds is 4. The van der Waals surface area contributed by atoms with E-state index in [-0.39, 0.29) is 11.6 Å². The lowest BCUT2D eigenvalue weighted by Crippen LogP contribution is -2.02. The van der Waals surface area contributed by atoms with E-state index >= 15 is 0 Å². The van der Waals surface area contributed by atoms with Gasteiger partial charge in [0.2, 0.25) is 0 Å². The van der Waals surface area contributed by atoms with Crippen LogP contribution in [-0.2, 0) is 0 Å². The van der Waals surface area contributed by atoms with E-state index in [2.05, 4.69) is 10.4 Å². The van der Waals surface area contributed by atoms with Crippen LogP contribution in [0.25, 0.3) is 0 Å². The van der Waals surface area contributed by atoms with Gasteiger partial charge < -0.3 is 10.4 Å². The Hall–Kier alpha value is -2.01. The van der Waals surface area contributed by atoms with E-state index in [1.54, 1.807) is 23.0 Å². The molecule has 1 aromatic heterocycles. The van der Waals surface area contributed by atoms with Crippen LogP contribution in [0.1, 0.15) is 30.2 Å². The fourth-order valence-electron chi connectivity index (χ4n) is 1.65. The van der Waals surface area contributed by atoms with Crippen molar-refractivity contribution in [1.82, 2.24) is 9.78 Å². The van der Waals surface area contributed by atoms with Crippen molar-refractivity contribution in [2.75, 3.05) is 5.32 Å². The highest BCUT2D eigenvalue weighted by Crippen LogP contribution is 2.25. The Kier molecular flexibility index (Phi) is 3.76. The minimum absolute atomic E-state index is 0.168. The fraction of sp³-hybridized carbons (Fsp3) is 0.231. The van der Waals surface area contributed by atoms with Crippen LogP contribution in [0.3, 0.4) is 0 Å². The maximum absolute atomic E-state index is 11.1. The normalized spacial score (nSPS) is 10.7. The molecule has 0 atom stereocenters. The summed E-state index contributed by atoms with van der Waals surface area (Å²) in [5, 5.41) is 16.8. The minimum atomic E-state index is -1.00. The zero-order valence-corrected chi connectivity index (χ0v) is 11.3. The lowest BCUT2D eigenvalue weighted by atomic mass is 10.2. The van der Waals surface area contributed by atoms with Gasteiger partial charge in [-0.25, -0.2) is 4.79 Å². The lowest BCUT2D eigenvalue weighted by molar-refractivity contribution is 0.0698. The van der Waals surface area contributed by atoms with Gasteiger partial charge in [-0.05, 0) is 32.0 Å². The average Bonchev–Trinajstić information content (AvgIpc) is 2.77. The molecule has 6 heteroatoms. The highest BCUT2D eigenvalue weighted by Gasteiger charge is 2.11. The zero-order chi connectivity index (χ0) is 14.0. The molecule has 0 aliphatic heterocycles. The highest BCUT2D eigenvalue weighted by atomic mass is 35.5. The summed E-state index contributed by atoms with van der Waals surface area (Å²) in [4.78, 5) is 11.1. The second-order valence-corrected chi connectivity index (χ2v) is 4.86. The van der Waals surface area contributed by atoms with Crippen LogP contribution in [0.2, 0.25) is 5.02 Å². The second kappa shape index (κ2) is 5.32. The van der Waals surface area contributed by atoms with Gasteiger partial charge in [0.1, 0.15) is 0 Å². The largest absolute Gasteiger partial charge is 0.478 e. The van der Waals surface area contributed by atoms with Crippen molar-refractivity contribution in [3.63, 3.8) is 0 Å². The molecule has 2 aromatic rings. The third-order valence-electron chi connectivity index (χ3n) is 2.62. The Bertz CT molecular complexity index is 608. The second-order valence-electron chi connectivity index (χ2n) is 4.42. The van der Waals surface area contributed by atoms with Crippen molar-refractivity contribution >= 4 is 28.9 Å². The van der Waals surface area contributed by atoms with Crippen molar-refractivity contribution in [2.24, 2.45) is 0 Å². The summed E-state index contributed by atoms with van der Waals surface area (Å²) < 4.78 is 1.79. The predicted octanol–water partition coefficient (Wildman–Crippen LogP) is 3.56. The Balaban J connectivity index is 2.31. The van der Waals surface area contributed by atoms with Crippen LogP contribution in [0.5, 0.6) is 0 Å². The Morgan fingerprint density at radius 1 is 1.47 bits per heavy atom. The molecule has 0 aliphatic carbocycles. The van der Waals surface area contributed by atoms with Gasteiger partial charge in [0.25, 0.3) is 0 Å². The molecule has 19 heavy (non-hydrogen) atoms. The molecule has 5 nitrogen and oxygen atoms in total. The summed E-state index contributed by atoms with van der Waals surface area (Å²) >= 11 is 5.89. The summed E-state index contributed by atoms with van der Waals surface area (Å²) in [6.45, 7) is 4.03. The first kappa shape index (κ1) is 13.4. The summed E-state index contributed by atoms with van der Waals surface area (Å²) in [7, 11) is 0. The summed E-state index contributed by atoms with van der Waals surface area (Å²) in [6.07, 6.45) is 3.46. The number of hydrogen-bond acceptors (Lipinski definition) is 3.